The second-order valence-corrected chi connectivity index (χ2v) is 8.86. The Labute approximate surface area is 123 Å². The van der Waals surface area contributed by atoms with Crippen molar-refractivity contribution in [2.75, 3.05) is 12.4 Å². The monoisotopic (exact) mass is 312 g/mol. The summed E-state index contributed by atoms with van der Waals surface area (Å²) in [6, 6.07) is 0. The maximum Gasteiger partial charge on any atom is 0.233 e. The molecule has 19 heavy (non-hydrogen) atoms. The molecule has 0 aromatic rings. The van der Waals surface area contributed by atoms with Gasteiger partial charge in [-0.3, -0.25) is 0 Å². The van der Waals surface area contributed by atoms with E-state index in [1.54, 1.807) is 0 Å². The van der Waals surface area contributed by atoms with E-state index in [4.69, 9.17) is 15.4 Å². The molecule has 0 atom stereocenters. The fourth-order valence-corrected chi connectivity index (χ4v) is 4.13. The van der Waals surface area contributed by atoms with Gasteiger partial charge in [0.2, 0.25) is 9.05 Å². The van der Waals surface area contributed by atoms with Crippen LogP contribution in [0.1, 0.15) is 66.7 Å². The van der Waals surface area contributed by atoms with E-state index >= 15 is 0 Å². The van der Waals surface area contributed by atoms with Crippen LogP contribution in [0.2, 0.25) is 0 Å². The van der Waals surface area contributed by atoms with Gasteiger partial charge in [0.1, 0.15) is 0 Å². The summed E-state index contributed by atoms with van der Waals surface area (Å²) in [6.45, 7) is 10.7. The molecule has 0 spiro atoms. The highest BCUT2D eigenvalue weighted by Crippen LogP contribution is 2.34. The topological polar surface area (TPSA) is 43.4 Å². The van der Waals surface area contributed by atoms with Crippen molar-refractivity contribution in [3.8, 4) is 0 Å². The predicted octanol–water partition coefficient (Wildman–Crippen LogP) is 4.35. The third-order valence-electron chi connectivity index (χ3n) is 3.66. The van der Waals surface area contributed by atoms with Gasteiger partial charge in [0.25, 0.3) is 0 Å². The summed E-state index contributed by atoms with van der Waals surface area (Å²) in [5.41, 5.74) is -0.570. The average Bonchev–Trinajstić information content (AvgIpc) is 2.25. The lowest BCUT2D eigenvalue weighted by Crippen LogP contribution is -2.37. The largest absolute Gasteiger partial charge is 0.375 e. The first-order valence-electron chi connectivity index (χ1n) is 7.16. The second-order valence-electron chi connectivity index (χ2n) is 6.09. The third-order valence-corrected chi connectivity index (χ3v) is 4.94. The fraction of sp³-hybridized carbons (Fsp3) is 1.00. The smallest absolute Gasteiger partial charge is 0.233 e. The van der Waals surface area contributed by atoms with Gasteiger partial charge in [0.15, 0.2) is 0 Å². The third kappa shape index (κ3) is 8.16. The van der Waals surface area contributed by atoms with Crippen LogP contribution >= 0.6 is 10.7 Å². The molecule has 0 fully saturated rings. The van der Waals surface area contributed by atoms with Gasteiger partial charge in [0.05, 0.1) is 18.0 Å². The van der Waals surface area contributed by atoms with E-state index in [1.807, 2.05) is 13.8 Å². The zero-order valence-corrected chi connectivity index (χ0v) is 14.5. The summed E-state index contributed by atoms with van der Waals surface area (Å²) in [4.78, 5) is 0. The Balaban J connectivity index is 5.00. The van der Waals surface area contributed by atoms with Crippen LogP contribution < -0.4 is 0 Å². The van der Waals surface area contributed by atoms with Crippen molar-refractivity contribution in [3.05, 3.63) is 0 Å². The molecule has 116 valence electrons. The molecule has 0 saturated carbocycles. The molecular formula is C14H29ClO3S. The minimum atomic E-state index is -3.51. The molecule has 3 nitrogen and oxygen atoms in total. The molecular weight excluding hydrogens is 284 g/mol. The molecule has 0 radical (unpaired) electrons. The molecule has 0 bridgehead atoms. The molecule has 0 aliphatic rings. The highest BCUT2D eigenvalue weighted by Gasteiger charge is 2.35. The van der Waals surface area contributed by atoms with Gasteiger partial charge < -0.3 is 4.74 Å². The van der Waals surface area contributed by atoms with E-state index in [0.29, 0.717) is 6.61 Å². The minimum Gasteiger partial charge on any atom is -0.375 e. The normalized spacial score (nSPS) is 13.8. The lowest BCUT2D eigenvalue weighted by atomic mass is 9.81. The summed E-state index contributed by atoms with van der Waals surface area (Å²) >= 11 is 0. The molecule has 0 aromatic heterocycles. The molecule has 0 rings (SSSR count). The van der Waals surface area contributed by atoms with Crippen LogP contribution in [0, 0.1) is 5.41 Å². The van der Waals surface area contributed by atoms with Crippen LogP contribution in [-0.4, -0.2) is 26.4 Å². The number of hydrogen-bond donors (Lipinski definition) is 0. The molecule has 0 amide bonds. The van der Waals surface area contributed by atoms with E-state index in [9.17, 15) is 8.42 Å². The summed E-state index contributed by atoms with van der Waals surface area (Å²) < 4.78 is 29.0. The van der Waals surface area contributed by atoms with Gasteiger partial charge >= 0.3 is 0 Å². The first-order chi connectivity index (χ1) is 8.60. The fourth-order valence-electron chi connectivity index (χ4n) is 2.33. The number of rotatable bonds is 10. The highest BCUT2D eigenvalue weighted by atomic mass is 35.7. The molecule has 0 aromatic carbocycles. The van der Waals surface area contributed by atoms with Crippen LogP contribution in [0.15, 0.2) is 0 Å². The van der Waals surface area contributed by atoms with Gasteiger partial charge in [-0.25, -0.2) is 8.42 Å². The number of halogens is 1. The lowest BCUT2D eigenvalue weighted by Gasteiger charge is -2.36. The molecule has 0 aliphatic carbocycles. The SMILES string of the molecule is CCCC(CCC)(COC(C)(C)CC)CS(=O)(=O)Cl. The van der Waals surface area contributed by atoms with Crippen molar-refractivity contribution < 1.29 is 13.2 Å². The molecule has 0 saturated heterocycles. The first-order valence-corrected chi connectivity index (χ1v) is 9.64. The first kappa shape index (κ1) is 19.2. The maximum atomic E-state index is 11.5. The van der Waals surface area contributed by atoms with Crippen molar-refractivity contribution in [1.29, 1.82) is 0 Å². The molecule has 0 aliphatic heterocycles. The molecule has 5 heteroatoms. The van der Waals surface area contributed by atoms with Crippen molar-refractivity contribution in [2.45, 2.75) is 72.3 Å². The maximum absolute atomic E-state index is 11.5. The van der Waals surface area contributed by atoms with Crippen molar-refractivity contribution in [1.82, 2.24) is 0 Å². The number of ether oxygens (including phenoxy) is 1. The van der Waals surface area contributed by atoms with E-state index in [2.05, 4.69) is 20.8 Å². The van der Waals surface area contributed by atoms with E-state index < -0.39 is 9.05 Å². The van der Waals surface area contributed by atoms with Gasteiger partial charge in [-0.15, -0.1) is 0 Å². The summed E-state index contributed by atoms with van der Waals surface area (Å²) in [5.74, 6) is 0.00301. The molecule has 0 heterocycles. The Morgan fingerprint density at radius 2 is 1.53 bits per heavy atom. The second kappa shape index (κ2) is 7.84. The van der Waals surface area contributed by atoms with E-state index in [-0.39, 0.29) is 16.8 Å². The van der Waals surface area contributed by atoms with Crippen LogP contribution in [0.3, 0.4) is 0 Å². The predicted molar refractivity (Wildman–Crippen MR) is 82.2 cm³/mol. The van der Waals surface area contributed by atoms with Crippen LogP contribution in [0.5, 0.6) is 0 Å². The average molecular weight is 313 g/mol. The van der Waals surface area contributed by atoms with Crippen LogP contribution in [-0.2, 0) is 13.8 Å². The van der Waals surface area contributed by atoms with Gasteiger partial charge in [-0.1, -0.05) is 33.6 Å². The van der Waals surface area contributed by atoms with Crippen molar-refractivity contribution in [2.24, 2.45) is 5.41 Å². The summed E-state index contributed by atoms with van der Waals surface area (Å²) in [6.07, 6.45) is 4.42. The van der Waals surface area contributed by atoms with Gasteiger partial charge in [0, 0.05) is 16.1 Å². The Morgan fingerprint density at radius 1 is 1.05 bits per heavy atom. The number of hydrogen-bond acceptors (Lipinski definition) is 3. The standard InChI is InChI=1S/C14H29ClO3S/c1-6-9-14(10-7-2,12-19(15,16)17)11-18-13(4,5)8-3/h6-12H2,1-5H3. The zero-order valence-electron chi connectivity index (χ0n) is 13.0. The van der Waals surface area contributed by atoms with Crippen molar-refractivity contribution in [3.63, 3.8) is 0 Å². The summed E-state index contributed by atoms with van der Waals surface area (Å²) in [5, 5.41) is 0. The highest BCUT2D eigenvalue weighted by molar-refractivity contribution is 8.13. The van der Waals surface area contributed by atoms with Gasteiger partial charge in [-0.05, 0) is 33.1 Å². The minimum absolute atomic E-state index is 0.00301. The van der Waals surface area contributed by atoms with Crippen LogP contribution in [0.25, 0.3) is 0 Å². The molecule has 0 N–H and O–H groups in total. The Kier molecular flexibility index (Phi) is 7.93. The zero-order chi connectivity index (χ0) is 15.2. The Bertz CT molecular complexity index is 344. The van der Waals surface area contributed by atoms with Crippen LogP contribution in [0.4, 0.5) is 0 Å². The Morgan fingerprint density at radius 3 is 1.84 bits per heavy atom. The Hall–Kier alpha value is 0.200. The van der Waals surface area contributed by atoms with E-state index in [0.717, 1.165) is 32.1 Å². The molecule has 0 unspecified atom stereocenters. The summed E-state index contributed by atoms with van der Waals surface area (Å²) in [7, 11) is 1.98. The van der Waals surface area contributed by atoms with E-state index in [1.165, 1.54) is 0 Å². The lowest BCUT2D eigenvalue weighted by molar-refractivity contribution is -0.0642. The quantitative estimate of drug-likeness (QED) is 0.563. The van der Waals surface area contributed by atoms with Crippen molar-refractivity contribution >= 4 is 19.7 Å². The van der Waals surface area contributed by atoms with Gasteiger partial charge in [-0.2, -0.15) is 0 Å².